The second-order valence-electron chi connectivity index (χ2n) is 3.02. The minimum absolute atomic E-state index is 0.158. The van der Waals surface area contributed by atoms with Gasteiger partial charge in [-0.1, -0.05) is 23.9 Å². The van der Waals surface area contributed by atoms with E-state index in [1.807, 2.05) is 24.3 Å². The fourth-order valence-electron chi connectivity index (χ4n) is 1.04. The van der Waals surface area contributed by atoms with Gasteiger partial charge in [-0.3, -0.25) is 4.79 Å². The number of nitrogens with zero attached hydrogens (tertiary/aromatic N) is 1. The molecule has 1 rings (SSSR count). The molecule has 0 amide bonds. The average molecular weight is 222 g/mol. The van der Waals surface area contributed by atoms with Gasteiger partial charge in [0.2, 0.25) is 0 Å². The summed E-state index contributed by atoms with van der Waals surface area (Å²) in [6.07, 6.45) is 4.77. The first kappa shape index (κ1) is 11.8. The summed E-state index contributed by atoms with van der Waals surface area (Å²) >= 11 is 1.33. The van der Waals surface area contributed by atoms with E-state index in [1.165, 1.54) is 11.8 Å². The zero-order valence-corrected chi connectivity index (χ0v) is 9.46. The second-order valence-corrected chi connectivity index (χ2v) is 4.29. The molecule has 0 saturated heterocycles. The summed E-state index contributed by atoms with van der Waals surface area (Å²) in [5, 5.41) is 0.158. The summed E-state index contributed by atoms with van der Waals surface area (Å²) in [7, 11) is 0. The lowest BCUT2D eigenvalue weighted by atomic mass is 10.3. The molecule has 0 aromatic carbocycles. The first-order valence-corrected chi connectivity index (χ1v) is 5.69. The molecule has 0 spiro atoms. The molecule has 0 unspecified atom stereocenters. The van der Waals surface area contributed by atoms with Gasteiger partial charge in [-0.15, -0.1) is 0 Å². The molecule has 2 N–H and O–H groups in total. The number of nitrogen functional groups attached to an aromatic ring is 1. The number of allylic oxidation sites excluding steroid dienone is 1. The summed E-state index contributed by atoms with van der Waals surface area (Å²) in [5.41, 5.74) is 6.38. The molecule has 80 valence electrons. The molecule has 0 atom stereocenters. The van der Waals surface area contributed by atoms with Crippen molar-refractivity contribution in [2.75, 3.05) is 11.5 Å². The van der Waals surface area contributed by atoms with Crippen LogP contribution in [0.1, 0.15) is 19.0 Å². The standard InChI is InChI=1S/C11H14N2OS/c1-9(14)15-8-3-2-5-10-6-4-7-11(12)13-10/h2,4-7H,3,8H2,1H3,(H2,12,13). The van der Waals surface area contributed by atoms with E-state index in [2.05, 4.69) is 4.98 Å². The molecule has 15 heavy (non-hydrogen) atoms. The van der Waals surface area contributed by atoms with Crippen LogP contribution in [0.3, 0.4) is 0 Å². The van der Waals surface area contributed by atoms with Crippen LogP contribution >= 0.6 is 11.8 Å². The van der Waals surface area contributed by atoms with Crippen molar-refractivity contribution >= 4 is 28.8 Å². The highest BCUT2D eigenvalue weighted by Crippen LogP contribution is 2.06. The van der Waals surface area contributed by atoms with Gasteiger partial charge in [-0.2, -0.15) is 0 Å². The third-order valence-electron chi connectivity index (χ3n) is 1.67. The average Bonchev–Trinajstić information content (AvgIpc) is 2.17. The Morgan fingerprint density at radius 2 is 2.40 bits per heavy atom. The van der Waals surface area contributed by atoms with E-state index < -0.39 is 0 Å². The van der Waals surface area contributed by atoms with Crippen LogP contribution in [-0.4, -0.2) is 15.9 Å². The van der Waals surface area contributed by atoms with Crippen molar-refractivity contribution in [1.82, 2.24) is 4.98 Å². The lowest BCUT2D eigenvalue weighted by molar-refractivity contribution is -0.109. The molecule has 0 fully saturated rings. The number of thioether (sulfide) groups is 1. The maximum Gasteiger partial charge on any atom is 0.185 e. The largest absolute Gasteiger partial charge is 0.384 e. The maximum absolute atomic E-state index is 10.6. The van der Waals surface area contributed by atoms with Crippen molar-refractivity contribution in [1.29, 1.82) is 0 Å². The highest BCUT2D eigenvalue weighted by molar-refractivity contribution is 8.13. The Morgan fingerprint density at radius 1 is 1.60 bits per heavy atom. The smallest absolute Gasteiger partial charge is 0.185 e. The predicted molar refractivity (Wildman–Crippen MR) is 65.4 cm³/mol. The number of aromatic nitrogens is 1. The van der Waals surface area contributed by atoms with E-state index >= 15 is 0 Å². The van der Waals surface area contributed by atoms with Crippen molar-refractivity contribution in [2.24, 2.45) is 0 Å². The van der Waals surface area contributed by atoms with Crippen LogP contribution < -0.4 is 5.73 Å². The number of hydrogen-bond acceptors (Lipinski definition) is 4. The molecule has 0 aliphatic carbocycles. The van der Waals surface area contributed by atoms with E-state index in [-0.39, 0.29) is 5.12 Å². The zero-order chi connectivity index (χ0) is 11.1. The van der Waals surface area contributed by atoms with Crippen LogP contribution in [0, 0.1) is 0 Å². The molecule has 0 radical (unpaired) electrons. The van der Waals surface area contributed by atoms with Gasteiger partial charge in [-0.25, -0.2) is 4.98 Å². The predicted octanol–water partition coefficient (Wildman–Crippen LogP) is 2.35. The Morgan fingerprint density at radius 3 is 3.07 bits per heavy atom. The van der Waals surface area contributed by atoms with Crippen LogP contribution in [0.15, 0.2) is 24.3 Å². The number of anilines is 1. The topological polar surface area (TPSA) is 56.0 Å². The number of carbonyl (C=O) groups excluding carboxylic acids is 1. The number of rotatable bonds is 4. The van der Waals surface area contributed by atoms with Crippen LogP contribution in [0.25, 0.3) is 6.08 Å². The van der Waals surface area contributed by atoms with Gasteiger partial charge >= 0.3 is 0 Å². The number of pyridine rings is 1. The quantitative estimate of drug-likeness (QED) is 0.794. The summed E-state index contributed by atoms with van der Waals surface area (Å²) in [5.74, 6) is 1.34. The van der Waals surface area contributed by atoms with Crippen LogP contribution in [-0.2, 0) is 4.79 Å². The Balaban J connectivity index is 2.35. The van der Waals surface area contributed by atoms with E-state index in [9.17, 15) is 4.79 Å². The minimum atomic E-state index is 0.158. The van der Waals surface area contributed by atoms with Gasteiger partial charge in [0.05, 0.1) is 5.69 Å². The maximum atomic E-state index is 10.6. The SMILES string of the molecule is CC(=O)SCCC=Cc1cccc(N)n1. The second kappa shape index (κ2) is 6.24. The summed E-state index contributed by atoms with van der Waals surface area (Å²) < 4.78 is 0. The molecule has 1 aromatic heterocycles. The molecule has 0 aliphatic heterocycles. The van der Waals surface area contributed by atoms with Crippen molar-refractivity contribution in [3.8, 4) is 0 Å². The Kier molecular flexibility index (Phi) is 4.90. The van der Waals surface area contributed by atoms with E-state index in [0.29, 0.717) is 5.82 Å². The first-order valence-electron chi connectivity index (χ1n) is 4.71. The molecular weight excluding hydrogens is 208 g/mol. The molecule has 0 bridgehead atoms. The van der Waals surface area contributed by atoms with Crippen molar-refractivity contribution in [3.05, 3.63) is 30.0 Å². The normalized spacial score (nSPS) is 10.7. The number of hydrogen-bond donors (Lipinski definition) is 1. The van der Waals surface area contributed by atoms with Gasteiger partial charge < -0.3 is 5.73 Å². The fourth-order valence-corrected chi connectivity index (χ4v) is 1.58. The van der Waals surface area contributed by atoms with Gasteiger partial charge in [-0.05, 0) is 24.6 Å². The van der Waals surface area contributed by atoms with Crippen molar-refractivity contribution < 1.29 is 4.79 Å². The highest BCUT2D eigenvalue weighted by atomic mass is 32.2. The van der Waals surface area contributed by atoms with E-state index in [1.54, 1.807) is 13.0 Å². The first-order chi connectivity index (χ1) is 7.18. The lowest BCUT2D eigenvalue weighted by Crippen LogP contribution is -1.90. The summed E-state index contributed by atoms with van der Waals surface area (Å²) in [4.78, 5) is 14.8. The van der Waals surface area contributed by atoms with Crippen LogP contribution in [0.5, 0.6) is 0 Å². The van der Waals surface area contributed by atoms with Gasteiger partial charge in [0.1, 0.15) is 5.82 Å². The molecule has 0 saturated carbocycles. The van der Waals surface area contributed by atoms with E-state index in [4.69, 9.17) is 5.73 Å². The fraction of sp³-hybridized carbons (Fsp3) is 0.273. The molecule has 3 nitrogen and oxygen atoms in total. The highest BCUT2D eigenvalue weighted by Gasteiger charge is 1.92. The van der Waals surface area contributed by atoms with Crippen molar-refractivity contribution in [2.45, 2.75) is 13.3 Å². The van der Waals surface area contributed by atoms with Crippen molar-refractivity contribution in [3.63, 3.8) is 0 Å². The number of carbonyl (C=O) groups is 1. The summed E-state index contributed by atoms with van der Waals surface area (Å²) in [6, 6.07) is 5.51. The third kappa shape index (κ3) is 5.22. The van der Waals surface area contributed by atoms with Gasteiger partial charge in [0.15, 0.2) is 5.12 Å². The minimum Gasteiger partial charge on any atom is -0.384 e. The number of nitrogens with two attached hydrogens (primary N) is 1. The zero-order valence-electron chi connectivity index (χ0n) is 8.64. The van der Waals surface area contributed by atoms with E-state index in [0.717, 1.165) is 17.9 Å². The molecule has 4 heteroatoms. The lowest BCUT2D eigenvalue weighted by Gasteiger charge is -1.95. The Hall–Kier alpha value is -1.29. The van der Waals surface area contributed by atoms with Gasteiger partial charge in [0, 0.05) is 12.7 Å². The van der Waals surface area contributed by atoms with Gasteiger partial charge in [0.25, 0.3) is 0 Å². The Labute approximate surface area is 93.8 Å². The molecule has 1 aromatic rings. The summed E-state index contributed by atoms with van der Waals surface area (Å²) in [6.45, 7) is 1.58. The Bertz CT molecular complexity index is 363. The third-order valence-corrected chi connectivity index (χ3v) is 2.52. The molecule has 1 heterocycles. The van der Waals surface area contributed by atoms with Crippen LogP contribution in [0.2, 0.25) is 0 Å². The molecule has 0 aliphatic rings. The molecular formula is C11H14N2OS. The monoisotopic (exact) mass is 222 g/mol. The van der Waals surface area contributed by atoms with Crippen LogP contribution in [0.4, 0.5) is 5.82 Å².